The van der Waals surface area contributed by atoms with Gasteiger partial charge in [-0.1, -0.05) is 30.3 Å². The van der Waals surface area contributed by atoms with E-state index in [1.807, 2.05) is 49.1 Å². The maximum atomic E-state index is 12.4. The Morgan fingerprint density at radius 1 is 1.32 bits per heavy atom. The number of morpholine rings is 1. The van der Waals surface area contributed by atoms with Gasteiger partial charge in [0, 0.05) is 13.1 Å². The highest BCUT2D eigenvalue weighted by Crippen LogP contribution is 2.16. The summed E-state index contributed by atoms with van der Waals surface area (Å²) in [6.07, 6.45) is 0.873. The fourth-order valence-electron chi connectivity index (χ4n) is 2.49. The van der Waals surface area contributed by atoms with Crippen molar-refractivity contribution in [3.8, 4) is 0 Å². The highest BCUT2D eigenvalue weighted by Gasteiger charge is 2.28. The largest absolute Gasteiger partial charge is 0.372 e. The fourth-order valence-corrected chi connectivity index (χ4v) is 2.87. The summed E-state index contributed by atoms with van der Waals surface area (Å²) < 4.78 is 5.65. The standard InChI is InChI=1S/C15H21NO2S/c1-11-9-16(10-12(2)18-11)15(17)14(19)8-13-6-4-3-5-7-13/h3-7,11-12,14,19H,8-10H2,1-2H3/t11-,12+,14?. The minimum Gasteiger partial charge on any atom is -0.372 e. The molecule has 3 nitrogen and oxygen atoms in total. The van der Waals surface area contributed by atoms with Gasteiger partial charge >= 0.3 is 0 Å². The third-order valence-corrected chi connectivity index (χ3v) is 3.69. The van der Waals surface area contributed by atoms with Crippen LogP contribution in [0.5, 0.6) is 0 Å². The molecule has 0 bridgehead atoms. The molecule has 1 heterocycles. The third-order valence-electron chi connectivity index (χ3n) is 3.29. The summed E-state index contributed by atoms with van der Waals surface area (Å²) in [4.78, 5) is 14.3. The summed E-state index contributed by atoms with van der Waals surface area (Å²) in [6.45, 7) is 5.32. The van der Waals surface area contributed by atoms with Crippen LogP contribution in [0.25, 0.3) is 0 Å². The maximum absolute atomic E-state index is 12.4. The molecule has 1 aliphatic rings. The lowest BCUT2D eigenvalue weighted by atomic mass is 10.1. The van der Waals surface area contributed by atoms with Gasteiger partial charge in [0.25, 0.3) is 0 Å². The lowest BCUT2D eigenvalue weighted by Gasteiger charge is -2.36. The third kappa shape index (κ3) is 3.98. The summed E-state index contributed by atoms with van der Waals surface area (Å²) in [5, 5.41) is -0.278. The van der Waals surface area contributed by atoms with Crippen LogP contribution in [-0.4, -0.2) is 41.4 Å². The average molecular weight is 279 g/mol. The Morgan fingerprint density at radius 3 is 2.47 bits per heavy atom. The van der Waals surface area contributed by atoms with Crippen LogP contribution in [0.15, 0.2) is 30.3 Å². The molecule has 1 aromatic rings. The fraction of sp³-hybridized carbons (Fsp3) is 0.533. The van der Waals surface area contributed by atoms with Crippen LogP contribution in [0.1, 0.15) is 19.4 Å². The monoisotopic (exact) mass is 279 g/mol. The van der Waals surface area contributed by atoms with Gasteiger partial charge in [0.15, 0.2) is 0 Å². The van der Waals surface area contributed by atoms with E-state index in [0.29, 0.717) is 19.5 Å². The normalized spacial score (nSPS) is 25.1. The van der Waals surface area contributed by atoms with Gasteiger partial charge in [0.2, 0.25) is 5.91 Å². The highest BCUT2D eigenvalue weighted by molar-refractivity contribution is 7.81. The molecule has 1 amide bonds. The summed E-state index contributed by atoms with van der Waals surface area (Å²) in [7, 11) is 0. The second-order valence-corrected chi connectivity index (χ2v) is 5.83. The molecule has 0 aliphatic carbocycles. The predicted octanol–water partition coefficient (Wildman–Crippen LogP) is 2.16. The molecule has 1 unspecified atom stereocenters. The number of hydrogen-bond acceptors (Lipinski definition) is 3. The molecule has 1 aliphatic heterocycles. The molecular formula is C15H21NO2S. The van der Waals surface area contributed by atoms with E-state index < -0.39 is 0 Å². The number of thiol groups is 1. The van der Waals surface area contributed by atoms with Crippen molar-refractivity contribution in [3.63, 3.8) is 0 Å². The van der Waals surface area contributed by atoms with E-state index >= 15 is 0 Å². The average Bonchev–Trinajstić information content (AvgIpc) is 2.37. The summed E-state index contributed by atoms with van der Waals surface area (Å²) in [5.74, 6) is 0.106. The minimum atomic E-state index is -0.278. The van der Waals surface area contributed by atoms with Gasteiger partial charge < -0.3 is 9.64 Å². The molecular weight excluding hydrogens is 258 g/mol. The smallest absolute Gasteiger partial charge is 0.235 e. The van der Waals surface area contributed by atoms with Crippen molar-refractivity contribution in [1.82, 2.24) is 4.90 Å². The number of rotatable bonds is 3. The van der Waals surface area contributed by atoms with Gasteiger partial charge in [0.1, 0.15) is 0 Å². The minimum absolute atomic E-state index is 0.102. The van der Waals surface area contributed by atoms with Crippen LogP contribution in [0, 0.1) is 0 Å². The Balaban J connectivity index is 1.95. The molecule has 104 valence electrons. The Labute approximate surface area is 120 Å². The van der Waals surface area contributed by atoms with Gasteiger partial charge in [-0.3, -0.25) is 4.79 Å². The van der Waals surface area contributed by atoms with E-state index in [-0.39, 0.29) is 23.4 Å². The lowest BCUT2D eigenvalue weighted by Crippen LogP contribution is -2.50. The van der Waals surface area contributed by atoms with Crippen LogP contribution in [0.4, 0.5) is 0 Å². The van der Waals surface area contributed by atoms with Gasteiger partial charge in [-0.15, -0.1) is 0 Å². The van der Waals surface area contributed by atoms with Gasteiger partial charge in [-0.2, -0.15) is 12.6 Å². The first-order valence-corrected chi connectivity index (χ1v) is 7.24. The van der Waals surface area contributed by atoms with Crippen LogP contribution >= 0.6 is 12.6 Å². The lowest BCUT2D eigenvalue weighted by molar-refractivity contribution is -0.142. The molecule has 1 saturated heterocycles. The molecule has 4 heteroatoms. The molecule has 0 aromatic heterocycles. The molecule has 1 fully saturated rings. The Bertz CT molecular complexity index is 413. The molecule has 19 heavy (non-hydrogen) atoms. The first-order valence-electron chi connectivity index (χ1n) is 6.72. The highest BCUT2D eigenvalue weighted by atomic mass is 32.1. The van der Waals surface area contributed by atoms with E-state index in [1.54, 1.807) is 0 Å². The van der Waals surface area contributed by atoms with Crippen molar-refractivity contribution in [3.05, 3.63) is 35.9 Å². The first-order chi connectivity index (χ1) is 9.06. The van der Waals surface area contributed by atoms with Gasteiger partial charge in [-0.25, -0.2) is 0 Å². The van der Waals surface area contributed by atoms with E-state index in [1.165, 1.54) is 0 Å². The van der Waals surface area contributed by atoms with Crippen molar-refractivity contribution in [2.24, 2.45) is 0 Å². The van der Waals surface area contributed by atoms with Crippen LogP contribution in [0.3, 0.4) is 0 Å². The van der Waals surface area contributed by atoms with Crippen molar-refractivity contribution < 1.29 is 9.53 Å². The van der Waals surface area contributed by atoms with Crippen molar-refractivity contribution in [2.45, 2.75) is 37.7 Å². The van der Waals surface area contributed by atoms with Crippen molar-refractivity contribution >= 4 is 18.5 Å². The molecule has 0 radical (unpaired) electrons. The Hall–Kier alpha value is -1.00. The second kappa shape index (κ2) is 6.44. The number of carbonyl (C=O) groups excluding carboxylic acids is 1. The molecule has 3 atom stereocenters. The Morgan fingerprint density at radius 2 is 1.89 bits per heavy atom. The SMILES string of the molecule is C[C@@H]1CN(C(=O)C(S)Cc2ccccc2)C[C@H](C)O1. The summed E-state index contributed by atoms with van der Waals surface area (Å²) >= 11 is 4.47. The van der Waals surface area contributed by atoms with Gasteiger partial charge in [-0.05, 0) is 25.8 Å². The van der Waals surface area contributed by atoms with E-state index in [4.69, 9.17) is 4.74 Å². The zero-order chi connectivity index (χ0) is 13.8. The number of amides is 1. The van der Waals surface area contributed by atoms with Crippen molar-refractivity contribution in [1.29, 1.82) is 0 Å². The number of hydrogen-bond donors (Lipinski definition) is 1. The topological polar surface area (TPSA) is 29.5 Å². The van der Waals surface area contributed by atoms with E-state index in [2.05, 4.69) is 12.6 Å². The molecule has 1 aromatic carbocycles. The number of nitrogens with zero attached hydrogens (tertiary/aromatic N) is 1. The zero-order valence-electron chi connectivity index (χ0n) is 11.5. The zero-order valence-corrected chi connectivity index (χ0v) is 12.3. The second-order valence-electron chi connectivity index (χ2n) is 5.21. The molecule has 0 saturated carbocycles. The van der Waals surface area contributed by atoms with Crippen LogP contribution in [0.2, 0.25) is 0 Å². The molecule has 0 spiro atoms. The first kappa shape index (κ1) is 14.4. The quantitative estimate of drug-likeness (QED) is 0.859. The summed E-state index contributed by atoms with van der Waals surface area (Å²) in [6, 6.07) is 10.0. The van der Waals surface area contributed by atoms with Crippen LogP contribution in [-0.2, 0) is 16.0 Å². The number of benzene rings is 1. The van der Waals surface area contributed by atoms with Crippen LogP contribution < -0.4 is 0 Å². The summed E-state index contributed by atoms with van der Waals surface area (Å²) in [5.41, 5.74) is 1.14. The number of carbonyl (C=O) groups is 1. The molecule has 0 N–H and O–H groups in total. The maximum Gasteiger partial charge on any atom is 0.235 e. The van der Waals surface area contributed by atoms with Gasteiger partial charge in [0.05, 0.1) is 17.5 Å². The number of ether oxygens (including phenoxy) is 1. The van der Waals surface area contributed by atoms with E-state index in [9.17, 15) is 4.79 Å². The predicted molar refractivity (Wildman–Crippen MR) is 79.5 cm³/mol. The van der Waals surface area contributed by atoms with Crippen molar-refractivity contribution in [2.75, 3.05) is 13.1 Å². The Kier molecular flexibility index (Phi) is 4.88. The van der Waals surface area contributed by atoms with E-state index in [0.717, 1.165) is 5.56 Å². The molecule has 2 rings (SSSR count).